The first-order valence-corrected chi connectivity index (χ1v) is 11.4. The van der Waals surface area contributed by atoms with Gasteiger partial charge in [0.25, 0.3) is 0 Å². The Morgan fingerprint density at radius 3 is 2.15 bits per heavy atom. The standard InChI is InChI=1S/C30H24N4/c1-20-6-4-5-17-34(20)30-28(24-15-11-22(19-32)12-16-24)26-8-3-2-7-25(26)27(29(30)33)23-13-9-21(18-31)10-14-23/h2-7,9-17,20,26H,8,33H2,1H3. The molecule has 0 saturated carbocycles. The monoisotopic (exact) mass is 440 g/mol. The maximum absolute atomic E-state index is 9.30. The molecule has 1 heterocycles. The molecule has 0 amide bonds. The van der Waals surface area contributed by atoms with Crippen molar-refractivity contribution in [1.82, 2.24) is 4.90 Å². The molecule has 3 aliphatic rings. The Hall–Kier alpha value is -4.54. The summed E-state index contributed by atoms with van der Waals surface area (Å²) in [5.41, 5.74) is 15.5. The van der Waals surface area contributed by atoms with Gasteiger partial charge in [-0.1, -0.05) is 54.6 Å². The molecule has 2 aliphatic carbocycles. The van der Waals surface area contributed by atoms with Gasteiger partial charge in [-0.05, 0) is 66.0 Å². The Morgan fingerprint density at radius 1 is 0.882 bits per heavy atom. The predicted molar refractivity (Wildman–Crippen MR) is 135 cm³/mol. The van der Waals surface area contributed by atoms with Crippen LogP contribution in [-0.2, 0) is 0 Å². The third-order valence-electron chi connectivity index (χ3n) is 6.65. The van der Waals surface area contributed by atoms with Gasteiger partial charge in [0.15, 0.2) is 0 Å². The zero-order valence-electron chi connectivity index (χ0n) is 18.9. The summed E-state index contributed by atoms with van der Waals surface area (Å²) < 4.78 is 0. The minimum absolute atomic E-state index is 0.123. The third kappa shape index (κ3) is 3.56. The highest BCUT2D eigenvalue weighted by atomic mass is 15.2. The number of nitriles is 2. The zero-order valence-corrected chi connectivity index (χ0v) is 18.9. The molecule has 2 aromatic rings. The van der Waals surface area contributed by atoms with Gasteiger partial charge in [0.2, 0.25) is 0 Å². The van der Waals surface area contributed by atoms with Crippen LogP contribution in [0.2, 0.25) is 0 Å². The molecule has 164 valence electrons. The molecule has 0 saturated heterocycles. The molecule has 2 unspecified atom stereocenters. The molecule has 2 N–H and O–H groups in total. The molecule has 2 atom stereocenters. The van der Waals surface area contributed by atoms with E-state index in [0.29, 0.717) is 16.8 Å². The van der Waals surface area contributed by atoms with Crippen LogP contribution in [0.25, 0.3) is 11.1 Å². The minimum atomic E-state index is 0.123. The van der Waals surface area contributed by atoms with Crippen LogP contribution in [0, 0.1) is 28.6 Å². The number of hydrogen-bond acceptors (Lipinski definition) is 4. The van der Waals surface area contributed by atoms with Crippen molar-refractivity contribution >= 4 is 11.1 Å². The molecule has 4 nitrogen and oxygen atoms in total. The molecule has 0 bridgehead atoms. The SMILES string of the molecule is CC1C=CC=CN1C1=C(c2ccc(C#N)cc2)C2CC=CC=C2C(c2ccc(C#N)cc2)=C1N. The molecule has 5 rings (SSSR count). The van der Waals surface area contributed by atoms with Crippen LogP contribution in [0.15, 0.2) is 108 Å². The van der Waals surface area contributed by atoms with E-state index in [1.165, 1.54) is 11.1 Å². The van der Waals surface area contributed by atoms with Crippen molar-refractivity contribution in [3.05, 3.63) is 130 Å². The van der Waals surface area contributed by atoms with Crippen LogP contribution in [0.1, 0.15) is 35.6 Å². The summed E-state index contributed by atoms with van der Waals surface area (Å²) in [5, 5.41) is 18.6. The molecule has 0 fully saturated rings. The van der Waals surface area contributed by atoms with Crippen LogP contribution in [0.4, 0.5) is 0 Å². The van der Waals surface area contributed by atoms with Crippen molar-refractivity contribution in [1.29, 1.82) is 10.5 Å². The van der Waals surface area contributed by atoms with E-state index in [9.17, 15) is 10.5 Å². The lowest BCUT2D eigenvalue weighted by atomic mass is 9.71. The van der Waals surface area contributed by atoms with E-state index in [0.717, 1.165) is 28.8 Å². The van der Waals surface area contributed by atoms with Gasteiger partial charge in [-0.15, -0.1) is 0 Å². The maximum Gasteiger partial charge on any atom is 0.0991 e. The van der Waals surface area contributed by atoms with Crippen molar-refractivity contribution in [2.24, 2.45) is 11.7 Å². The van der Waals surface area contributed by atoms with E-state index < -0.39 is 0 Å². The number of rotatable bonds is 3. The Labute approximate surface area is 200 Å². The summed E-state index contributed by atoms with van der Waals surface area (Å²) in [7, 11) is 0. The first-order valence-electron chi connectivity index (χ1n) is 11.4. The molecular formula is C30H24N4. The van der Waals surface area contributed by atoms with E-state index in [4.69, 9.17) is 5.73 Å². The molecule has 2 aromatic carbocycles. The van der Waals surface area contributed by atoms with Crippen molar-refractivity contribution < 1.29 is 0 Å². The van der Waals surface area contributed by atoms with E-state index in [1.807, 2.05) is 54.6 Å². The van der Waals surface area contributed by atoms with Crippen LogP contribution < -0.4 is 5.73 Å². The first-order chi connectivity index (χ1) is 16.6. The summed E-state index contributed by atoms with van der Waals surface area (Å²) in [6, 6.07) is 20.0. The van der Waals surface area contributed by atoms with Gasteiger partial charge in [0.05, 0.1) is 34.7 Å². The average Bonchev–Trinajstić information content (AvgIpc) is 2.89. The molecule has 0 spiro atoms. The lowest BCUT2D eigenvalue weighted by molar-refractivity contribution is 0.415. The lowest BCUT2D eigenvalue weighted by Crippen LogP contribution is -2.35. The van der Waals surface area contributed by atoms with Gasteiger partial charge >= 0.3 is 0 Å². The van der Waals surface area contributed by atoms with Gasteiger partial charge in [-0.2, -0.15) is 10.5 Å². The lowest BCUT2D eigenvalue weighted by Gasteiger charge is -2.40. The Kier molecular flexibility index (Phi) is 5.50. The number of allylic oxidation sites excluding steroid dienone is 8. The number of benzene rings is 2. The largest absolute Gasteiger partial charge is 0.397 e. The average molecular weight is 441 g/mol. The summed E-state index contributed by atoms with van der Waals surface area (Å²) in [6.07, 6.45) is 15.6. The second kappa shape index (κ2) is 8.77. The third-order valence-corrected chi connectivity index (χ3v) is 6.65. The van der Waals surface area contributed by atoms with Crippen LogP contribution in [0.5, 0.6) is 0 Å². The molecule has 34 heavy (non-hydrogen) atoms. The van der Waals surface area contributed by atoms with Crippen LogP contribution >= 0.6 is 0 Å². The number of fused-ring (bicyclic) bond motifs is 1. The number of nitrogens with two attached hydrogens (primary N) is 1. The molecule has 4 heteroatoms. The second-order valence-corrected chi connectivity index (χ2v) is 8.64. The highest BCUT2D eigenvalue weighted by molar-refractivity contribution is 5.95. The second-order valence-electron chi connectivity index (χ2n) is 8.64. The number of nitrogens with zero attached hydrogens (tertiary/aromatic N) is 3. The Morgan fingerprint density at radius 2 is 1.53 bits per heavy atom. The first kappa shape index (κ1) is 21.3. The van der Waals surface area contributed by atoms with E-state index >= 15 is 0 Å². The summed E-state index contributed by atoms with van der Waals surface area (Å²) in [6.45, 7) is 2.16. The van der Waals surface area contributed by atoms with Gasteiger partial charge in [0.1, 0.15) is 0 Å². The van der Waals surface area contributed by atoms with Crippen LogP contribution in [-0.4, -0.2) is 10.9 Å². The quantitative estimate of drug-likeness (QED) is 0.654. The topological polar surface area (TPSA) is 76.8 Å². The normalized spacial score (nSPS) is 21.1. The Balaban J connectivity index is 1.80. The van der Waals surface area contributed by atoms with E-state index in [1.54, 1.807) is 0 Å². The van der Waals surface area contributed by atoms with Gasteiger partial charge in [-0.3, -0.25) is 0 Å². The van der Waals surface area contributed by atoms with Gasteiger partial charge in [0, 0.05) is 23.7 Å². The molecule has 1 aliphatic heterocycles. The van der Waals surface area contributed by atoms with Crippen molar-refractivity contribution in [2.45, 2.75) is 19.4 Å². The fourth-order valence-corrected chi connectivity index (χ4v) is 4.99. The fraction of sp³-hybridized carbons (Fsp3) is 0.133. The van der Waals surface area contributed by atoms with E-state index in [-0.39, 0.29) is 12.0 Å². The van der Waals surface area contributed by atoms with E-state index in [2.05, 4.69) is 60.5 Å². The highest BCUT2D eigenvalue weighted by Crippen LogP contribution is 2.49. The summed E-state index contributed by atoms with van der Waals surface area (Å²) in [4.78, 5) is 2.24. The number of hydrogen-bond donors (Lipinski definition) is 1. The van der Waals surface area contributed by atoms with Crippen molar-refractivity contribution in [2.75, 3.05) is 0 Å². The van der Waals surface area contributed by atoms with Crippen molar-refractivity contribution in [3.8, 4) is 12.1 Å². The van der Waals surface area contributed by atoms with Crippen LogP contribution in [0.3, 0.4) is 0 Å². The maximum atomic E-state index is 9.30. The van der Waals surface area contributed by atoms with Gasteiger partial charge in [-0.25, -0.2) is 0 Å². The van der Waals surface area contributed by atoms with Crippen molar-refractivity contribution in [3.63, 3.8) is 0 Å². The smallest absolute Gasteiger partial charge is 0.0991 e. The summed E-state index contributed by atoms with van der Waals surface area (Å²) in [5.74, 6) is 0.123. The fourth-order valence-electron chi connectivity index (χ4n) is 4.99. The predicted octanol–water partition coefficient (Wildman–Crippen LogP) is 5.80. The minimum Gasteiger partial charge on any atom is -0.397 e. The Bertz CT molecular complexity index is 1400. The highest BCUT2D eigenvalue weighted by Gasteiger charge is 2.36. The summed E-state index contributed by atoms with van der Waals surface area (Å²) >= 11 is 0. The van der Waals surface area contributed by atoms with Gasteiger partial charge < -0.3 is 10.6 Å². The molecular weight excluding hydrogens is 416 g/mol. The molecule has 0 aromatic heterocycles. The molecule has 0 radical (unpaired) electrons. The zero-order chi connectivity index (χ0) is 23.7.